The number of imidazole rings is 1. The minimum Gasteiger partial charge on any atom is -0.358 e. The Bertz CT molecular complexity index is 426. The summed E-state index contributed by atoms with van der Waals surface area (Å²) >= 11 is 0. The quantitative estimate of drug-likeness (QED) is 0.511. The minimum atomic E-state index is -0.530. The van der Waals surface area contributed by atoms with Crippen molar-refractivity contribution in [2.45, 2.75) is 6.42 Å². The van der Waals surface area contributed by atoms with Crippen molar-refractivity contribution < 1.29 is 9.72 Å². The molecule has 1 aliphatic heterocycles. The highest BCUT2D eigenvalue weighted by Gasteiger charge is 2.30. The maximum absolute atomic E-state index is 11.1. The molecule has 0 atom stereocenters. The van der Waals surface area contributed by atoms with Gasteiger partial charge in [-0.2, -0.15) is 0 Å². The number of carbonyl (C=O) groups is 1. The molecule has 2 rings (SSSR count). The Kier molecular flexibility index (Phi) is 2.14. The smallest absolute Gasteiger partial charge is 0.358 e. The number of ketones is 1. The van der Waals surface area contributed by atoms with Crippen LogP contribution < -0.4 is 4.90 Å². The van der Waals surface area contributed by atoms with E-state index in [1.54, 1.807) is 16.5 Å². The van der Waals surface area contributed by atoms with Gasteiger partial charge in [-0.15, -0.1) is 0 Å². The fourth-order valence-electron chi connectivity index (χ4n) is 1.72. The third kappa shape index (κ3) is 1.56. The van der Waals surface area contributed by atoms with Crippen LogP contribution in [0, 0.1) is 10.1 Å². The van der Waals surface area contributed by atoms with E-state index in [2.05, 4.69) is 4.98 Å². The summed E-state index contributed by atoms with van der Waals surface area (Å²) in [5.41, 5.74) is 0. The van der Waals surface area contributed by atoms with E-state index in [0.29, 0.717) is 18.8 Å². The summed E-state index contributed by atoms with van der Waals surface area (Å²) in [5, 5.41) is 10.7. The van der Waals surface area contributed by atoms with Crippen LogP contribution in [-0.4, -0.2) is 33.3 Å². The number of rotatable bonds is 2. The van der Waals surface area contributed by atoms with Crippen LogP contribution in [0.3, 0.4) is 0 Å². The molecule has 0 N–H and O–H groups in total. The lowest BCUT2D eigenvalue weighted by Gasteiger charge is -2.14. The predicted octanol–water partition coefficient (Wildman–Crippen LogP) is 0.107. The van der Waals surface area contributed by atoms with Gasteiger partial charge < -0.3 is 15.0 Å². The molecule has 0 bridgehead atoms. The van der Waals surface area contributed by atoms with Gasteiger partial charge in [0.05, 0.1) is 6.54 Å². The molecular formula is C8H10N4O3. The van der Waals surface area contributed by atoms with Gasteiger partial charge in [0.15, 0.2) is 5.78 Å². The van der Waals surface area contributed by atoms with Crippen LogP contribution in [0.2, 0.25) is 0 Å². The Hall–Kier alpha value is -1.92. The van der Waals surface area contributed by atoms with Gasteiger partial charge in [-0.25, -0.2) is 0 Å². The number of hydrogen-bond acceptors (Lipinski definition) is 5. The summed E-state index contributed by atoms with van der Waals surface area (Å²) in [6.45, 7) is 0.763. The molecule has 7 nitrogen and oxygen atoms in total. The highest BCUT2D eigenvalue weighted by atomic mass is 16.6. The van der Waals surface area contributed by atoms with Crippen LogP contribution in [0.4, 0.5) is 11.6 Å². The fraction of sp³-hybridized carbons (Fsp3) is 0.500. The Morgan fingerprint density at radius 2 is 2.33 bits per heavy atom. The van der Waals surface area contributed by atoms with E-state index in [0.717, 1.165) is 0 Å². The summed E-state index contributed by atoms with van der Waals surface area (Å²) in [4.78, 5) is 26.6. The zero-order valence-electron chi connectivity index (χ0n) is 8.21. The van der Waals surface area contributed by atoms with E-state index in [-0.39, 0.29) is 18.1 Å². The van der Waals surface area contributed by atoms with Crippen LogP contribution in [0.1, 0.15) is 6.42 Å². The SMILES string of the molecule is Cn1cnc([N+](=O)[O-])c1N1CCC(=O)C1. The molecule has 7 heteroatoms. The molecule has 0 spiro atoms. The van der Waals surface area contributed by atoms with Crippen molar-refractivity contribution in [2.24, 2.45) is 7.05 Å². The molecule has 1 aliphatic rings. The zero-order valence-corrected chi connectivity index (χ0v) is 8.21. The molecule has 1 aromatic rings. The first-order valence-corrected chi connectivity index (χ1v) is 4.52. The highest BCUT2D eigenvalue weighted by Crippen LogP contribution is 2.27. The van der Waals surface area contributed by atoms with Crippen molar-refractivity contribution in [3.8, 4) is 0 Å². The molecule has 1 saturated heterocycles. The van der Waals surface area contributed by atoms with E-state index in [1.165, 1.54) is 6.33 Å². The monoisotopic (exact) mass is 210 g/mol. The van der Waals surface area contributed by atoms with Crippen molar-refractivity contribution in [3.05, 3.63) is 16.4 Å². The van der Waals surface area contributed by atoms with E-state index >= 15 is 0 Å². The lowest BCUT2D eigenvalue weighted by Crippen LogP contribution is -2.22. The fourth-order valence-corrected chi connectivity index (χ4v) is 1.72. The van der Waals surface area contributed by atoms with Gasteiger partial charge >= 0.3 is 5.82 Å². The molecule has 80 valence electrons. The van der Waals surface area contributed by atoms with Crippen molar-refractivity contribution in [1.29, 1.82) is 0 Å². The van der Waals surface area contributed by atoms with Gasteiger partial charge in [0.2, 0.25) is 12.1 Å². The zero-order chi connectivity index (χ0) is 11.0. The molecule has 2 heterocycles. The lowest BCUT2D eigenvalue weighted by atomic mass is 10.4. The van der Waals surface area contributed by atoms with Crippen molar-refractivity contribution in [1.82, 2.24) is 9.55 Å². The molecule has 0 radical (unpaired) electrons. The van der Waals surface area contributed by atoms with E-state index < -0.39 is 4.92 Å². The summed E-state index contributed by atoms with van der Waals surface area (Å²) in [7, 11) is 1.68. The van der Waals surface area contributed by atoms with Gasteiger partial charge in [0.25, 0.3) is 0 Å². The topological polar surface area (TPSA) is 81.3 Å². The Morgan fingerprint density at radius 1 is 1.60 bits per heavy atom. The number of carbonyl (C=O) groups excluding carboxylic acids is 1. The summed E-state index contributed by atoms with van der Waals surface area (Å²) in [5.74, 6) is 0.323. The van der Waals surface area contributed by atoms with Gasteiger partial charge in [-0.1, -0.05) is 0 Å². The second-order valence-corrected chi connectivity index (χ2v) is 3.47. The number of hydrogen-bond donors (Lipinski definition) is 0. The molecule has 15 heavy (non-hydrogen) atoms. The van der Waals surface area contributed by atoms with Crippen molar-refractivity contribution in [2.75, 3.05) is 18.0 Å². The number of anilines is 1. The molecule has 0 amide bonds. The maximum atomic E-state index is 11.1. The predicted molar refractivity (Wildman–Crippen MR) is 51.7 cm³/mol. The van der Waals surface area contributed by atoms with Gasteiger partial charge in [-0.3, -0.25) is 9.36 Å². The number of nitrogens with zero attached hydrogens (tertiary/aromatic N) is 4. The van der Waals surface area contributed by atoms with Crippen molar-refractivity contribution >= 4 is 17.4 Å². The Labute approximate surface area is 85.5 Å². The first-order valence-electron chi connectivity index (χ1n) is 4.52. The average Bonchev–Trinajstić information content (AvgIpc) is 2.71. The van der Waals surface area contributed by atoms with Gasteiger partial charge in [0, 0.05) is 20.0 Å². The molecule has 0 saturated carbocycles. The van der Waals surface area contributed by atoms with Crippen LogP contribution in [0.25, 0.3) is 0 Å². The third-order valence-electron chi connectivity index (χ3n) is 2.39. The summed E-state index contributed by atoms with van der Waals surface area (Å²) in [6, 6.07) is 0. The highest BCUT2D eigenvalue weighted by molar-refractivity contribution is 5.87. The number of Topliss-reactive ketones (excluding diaryl/α,β-unsaturated/α-hetero) is 1. The van der Waals surface area contributed by atoms with E-state index in [1.807, 2.05) is 0 Å². The van der Waals surface area contributed by atoms with Crippen LogP contribution >= 0.6 is 0 Å². The first-order chi connectivity index (χ1) is 7.09. The standard InChI is InChI=1S/C8H10N4O3/c1-10-5-9-7(12(14)15)8(10)11-3-2-6(13)4-11/h5H,2-4H2,1H3. The van der Waals surface area contributed by atoms with Gasteiger partial charge in [0.1, 0.15) is 0 Å². The number of aromatic nitrogens is 2. The lowest BCUT2D eigenvalue weighted by molar-refractivity contribution is -0.388. The van der Waals surface area contributed by atoms with Gasteiger partial charge in [-0.05, 0) is 9.91 Å². The van der Waals surface area contributed by atoms with E-state index in [4.69, 9.17) is 0 Å². The van der Waals surface area contributed by atoms with Crippen LogP contribution in [0.15, 0.2) is 6.33 Å². The summed E-state index contributed by atoms with van der Waals surface area (Å²) in [6.07, 6.45) is 1.83. The molecule has 0 unspecified atom stereocenters. The minimum absolute atomic E-state index is 0.102. The van der Waals surface area contributed by atoms with Crippen LogP contribution in [-0.2, 0) is 11.8 Å². The van der Waals surface area contributed by atoms with Crippen molar-refractivity contribution in [3.63, 3.8) is 0 Å². The van der Waals surface area contributed by atoms with Crippen LogP contribution in [0.5, 0.6) is 0 Å². The molecule has 1 aromatic heterocycles. The maximum Gasteiger partial charge on any atom is 0.406 e. The van der Waals surface area contributed by atoms with E-state index in [9.17, 15) is 14.9 Å². The molecular weight excluding hydrogens is 200 g/mol. The summed E-state index contributed by atoms with van der Waals surface area (Å²) < 4.78 is 1.57. The largest absolute Gasteiger partial charge is 0.406 e. The number of aryl methyl sites for hydroxylation is 1. The number of nitro groups is 1. The second-order valence-electron chi connectivity index (χ2n) is 3.47. The second kappa shape index (κ2) is 3.34. The molecule has 1 fully saturated rings. The normalized spacial score (nSPS) is 16.1. The molecule has 0 aromatic carbocycles. The average molecular weight is 210 g/mol. The molecule has 0 aliphatic carbocycles. The Balaban J connectivity index is 2.38. The third-order valence-corrected chi connectivity index (χ3v) is 2.39. The first kappa shape index (κ1) is 9.63. The Morgan fingerprint density at radius 3 is 2.87 bits per heavy atom.